The summed E-state index contributed by atoms with van der Waals surface area (Å²) in [7, 11) is 2.85. The molecule has 3 N–H and O–H groups in total. The number of hydrogen-bond acceptors (Lipinski definition) is 7. The van der Waals surface area contributed by atoms with E-state index in [1.807, 2.05) is 0 Å². The number of methoxy groups -OCH3 is 2. The number of quaternary nitrogens is 1. The van der Waals surface area contributed by atoms with E-state index in [0.29, 0.717) is 11.3 Å². The molecule has 2 aromatic rings. The Balaban J connectivity index is 2.16. The van der Waals surface area contributed by atoms with Gasteiger partial charge in [-0.3, -0.25) is 0 Å². The van der Waals surface area contributed by atoms with Crippen LogP contribution in [0.4, 0.5) is 5.69 Å². The average molecular weight is 333 g/mol. The quantitative estimate of drug-likeness (QED) is 0.436. The molecule has 0 aliphatic carbocycles. The number of esters is 1. The highest BCUT2D eigenvalue weighted by molar-refractivity contribution is 5.98. The van der Waals surface area contributed by atoms with E-state index in [9.17, 15) is 15.1 Å². The fraction of sp³-hybridized carbons (Fsp3) is 0.188. The largest absolute Gasteiger partial charge is 0.595 e. The molecule has 0 fully saturated rings. The van der Waals surface area contributed by atoms with Crippen molar-refractivity contribution in [3.8, 4) is 17.2 Å². The number of benzene rings is 2. The van der Waals surface area contributed by atoms with Crippen LogP contribution in [0.5, 0.6) is 17.2 Å². The Labute approximate surface area is 136 Å². The first-order valence-corrected chi connectivity index (χ1v) is 7.00. The summed E-state index contributed by atoms with van der Waals surface area (Å²) < 4.78 is 15.8. The highest BCUT2D eigenvalue weighted by Gasteiger charge is 2.38. The molecule has 0 amide bonds. The number of hydrogen-bond donors (Lipinski definition) is 3. The van der Waals surface area contributed by atoms with Crippen molar-refractivity contribution in [1.82, 2.24) is 0 Å². The van der Waals surface area contributed by atoms with Gasteiger partial charge < -0.3 is 24.5 Å². The third kappa shape index (κ3) is 2.42. The van der Waals surface area contributed by atoms with Crippen molar-refractivity contribution in [2.24, 2.45) is 0 Å². The second kappa shape index (κ2) is 6.00. The second-order valence-corrected chi connectivity index (χ2v) is 5.13. The number of phenols is 1. The number of ether oxygens (including phenoxy) is 3. The molecule has 1 heterocycles. The van der Waals surface area contributed by atoms with Crippen LogP contribution in [-0.2, 0) is 4.74 Å². The Bertz CT molecular complexity index is 803. The Morgan fingerprint density at radius 2 is 1.92 bits per heavy atom. The van der Waals surface area contributed by atoms with Crippen LogP contribution in [0.2, 0.25) is 0 Å². The lowest BCUT2D eigenvalue weighted by atomic mass is 9.97. The molecule has 2 atom stereocenters. The topological polar surface area (TPSA) is 113 Å². The van der Waals surface area contributed by atoms with Gasteiger partial charge in [0.05, 0.1) is 14.2 Å². The lowest BCUT2D eigenvalue weighted by molar-refractivity contribution is -0.991. The third-order valence-corrected chi connectivity index (χ3v) is 3.85. The van der Waals surface area contributed by atoms with E-state index in [0.717, 1.165) is 0 Å². The van der Waals surface area contributed by atoms with Gasteiger partial charge in [0.25, 0.3) is 0 Å². The molecule has 8 heteroatoms. The molecule has 24 heavy (non-hydrogen) atoms. The Morgan fingerprint density at radius 1 is 1.17 bits per heavy atom. The monoisotopic (exact) mass is 333 g/mol. The van der Waals surface area contributed by atoms with E-state index >= 15 is 0 Å². The van der Waals surface area contributed by atoms with Crippen molar-refractivity contribution in [3.05, 3.63) is 52.2 Å². The van der Waals surface area contributed by atoms with Crippen molar-refractivity contribution in [3.63, 3.8) is 0 Å². The van der Waals surface area contributed by atoms with Crippen molar-refractivity contribution in [1.29, 1.82) is 0 Å². The maximum Gasteiger partial charge on any atom is 0.343 e. The van der Waals surface area contributed by atoms with Gasteiger partial charge in [0.1, 0.15) is 11.3 Å². The number of rotatable bonds is 4. The summed E-state index contributed by atoms with van der Waals surface area (Å²) in [5, 5.41) is 29.2. The molecule has 1 aliphatic rings. The van der Waals surface area contributed by atoms with Gasteiger partial charge in [-0.1, -0.05) is 6.07 Å². The van der Waals surface area contributed by atoms with Crippen molar-refractivity contribution in [2.75, 3.05) is 14.2 Å². The minimum Gasteiger partial charge on any atom is -0.595 e. The van der Waals surface area contributed by atoms with Crippen LogP contribution in [0, 0.1) is 5.21 Å². The lowest BCUT2D eigenvalue weighted by Crippen LogP contribution is -2.99. The molecule has 2 aromatic carbocycles. The van der Waals surface area contributed by atoms with Crippen LogP contribution in [0.3, 0.4) is 0 Å². The first kappa shape index (κ1) is 16.1. The van der Waals surface area contributed by atoms with Crippen molar-refractivity contribution >= 4 is 11.7 Å². The van der Waals surface area contributed by atoms with E-state index in [2.05, 4.69) is 0 Å². The van der Waals surface area contributed by atoms with Gasteiger partial charge in [0.15, 0.2) is 23.3 Å². The summed E-state index contributed by atoms with van der Waals surface area (Å²) in [4.78, 5) is 12.3. The van der Waals surface area contributed by atoms with E-state index in [1.54, 1.807) is 12.1 Å². The minimum absolute atomic E-state index is 0.0206. The zero-order chi connectivity index (χ0) is 17.4. The molecule has 0 spiro atoms. The number of cyclic esters (lactones) is 1. The predicted octanol–water partition coefficient (Wildman–Crippen LogP) is 1.07. The normalized spacial score (nSPS) is 17.2. The van der Waals surface area contributed by atoms with Gasteiger partial charge in [-0.05, 0) is 12.1 Å². The highest BCUT2D eigenvalue weighted by Crippen LogP contribution is 2.46. The molecule has 0 saturated carbocycles. The summed E-state index contributed by atoms with van der Waals surface area (Å²) in [6.45, 7) is 0. The van der Waals surface area contributed by atoms with Gasteiger partial charge in [-0.25, -0.2) is 10.0 Å². The minimum atomic E-state index is -1.15. The van der Waals surface area contributed by atoms with Crippen LogP contribution in [-0.4, -0.2) is 30.5 Å². The first-order valence-electron chi connectivity index (χ1n) is 7.00. The molecular weight excluding hydrogens is 318 g/mol. The van der Waals surface area contributed by atoms with Crippen LogP contribution >= 0.6 is 0 Å². The lowest BCUT2D eigenvalue weighted by Gasteiger charge is -2.17. The summed E-state index contributed by atoms with van der Waals surface area (Å²) in [6, 6.07) is 7.05. The van der Waals surface area contributed by atoms with E-state index in [1.165, 1.54) is 32.4 Å². The number of carbonyl (C=O) groups excluding carboxylic acids is 1. The maximum atomic E-state index is 12.3. The van der Waals surface area contributed by atoms with Gasteiger partial charge >= 0.3 is 5.97 Å². The Hall–Kier alpha value is -2.81. The maximum absolute atomic E-state index is 12.3. The molecule has 0 saturated heterocycles. The van der Waals surface area contributed by atoms with E-state index in [-0.39, 0.29) is 28.3 Å². The van der Waals surface area contributed by atoms with Gasteiger partial charge in [0.2, 0.25) is 0 Å². The molecule has 0 aromatic heterocycles. The zero-order valence-corrected chi connectivity index (χ0v) is 12.9. The summed E-state index contributed by atoms with van der Waals surface area (Å²) in [5.74, 6) is -0.194. The molecule has 0 radical (unpaired) electrons. The smallest absolute Gasteiger partial charge is 0.343 e. The van der Waals surface area contributed by atoms with Crippen molar-refractivity contribution in [2.45, 2.75) is 6.10 Å². The molecule has 1 aliphatic heterocycles. The van der Waals surface area contributed by atoms with Crippen LogP contribution in [0.1, 0.15) is 27.6 Å². The van der Waals surface area contributed by atoms with Gasteiger partial charge in [-0.2, -0.15) is 5.23 Å². The number of fused-ring (bicyclic) bond motifs is 1. The molecule has 126 valence electrons. The van der Waals surface area contributed by atoms with Crippen LogP contribution in [0.25, 0.3) is 0 Å². The predicted molar refractivity (Wildman–Crippen MR) is 80.7 cm³/mol. The van der Waals surface area contributed by atoms with Gasteiger partial charge in [0, 0.05) is 23.3 Å². The number of phenolic OH excluding ortho intramolecular Hbond substituents is 1. The third-order valence-electron chi connectivity index (χ3n) is 3.85. The second-order valence-electron chi connectivity index (χ2n) is 5.13. The number of nitrogens with one attached hydrogen (secondary N) is 1. The van der Waals surface area contributed by atoms with Gasteiger partial charge in [-0.15, -0.1) is 0 Å². The van der Waals surface area contributed by atoms with E-state index < -0.39 is 17.3 Å². The Morgan fingerprint density at radius 3 is 2.54 bits per heavy atom. The SMILES string of the molecule is COc1ccc2c(c1OC)C(=O)OC2c1cc([NH+]([O-])O)ccc1O. The molecule has 2 unspecified atom stereocenters. The zero-order valence-electron chi connectivity index (χ0n) is 12.9. The summed E-state index contributed by atoms with van der Waals surface area (Å²) in [5.41, 5.74) is 0.833. The first-order chi connectivity index (χ1) is 11.5. The Kier molecular flexibility index (Phi) is 4.02. The van der Waals surface area contributed by atoms with E-state index in [4.69, 9.17) is 19.4 Å². The standard InChI is InChI=1S/C16H15NO7/c1-22-12-6-4-9-13(15(12)23-2)16(19)24-14(9)10-7-8(17(20)21)3-5-11(10)18/h3-7,14,17-18,20H,1-2H3. The molecule has 0 bridgehead atoms. The summed E-state index contributed by atoms with van der Waals surface area (Å²) >= 11 is 0. The molecule has 3 rings (SSSR count). The van der Waals surface area contributed by atoms with Crippen LogP contribution < -0.4 is 14.7 Å². The number of carbonyl (C=O) groups is 1. The molecule has 8 nitrogen and oxygen atoms in total. The number of aromatic hydroxyl groups is 1. The van der Waals surface area contributed by atoms with Crippen LogP contribution in [0.15, 0.2) is 30.3 Å². The molecular formula is C16H15NO7. The van der Waals surface area contributed by atoms with Crippen molar-refractivity contribution < 1.29 is 34.5 Å². The highest BCUT2D eigenvalue weighted by atomic mass is 16.8. The average Bonchev–Trinajstić information content (AvgIpc) is 2.91. The summed E-state index contributed by atoms with van der Waals surface area (Å²) in [6.07, 6.45) is -0.924. The fourth-order valence-corrected chi connectivity index (χ4v) is 2.73. The fourth-order valence-electron chi connectivity index (χ4n) is 2.73.